The van der Waals surface area contributed by atoms with Gasteiger partial charge in [0.25, 0.3) is 0 Å². The van der Waals surface area contributed by atoms with E-state index in [1.54, 1.807) is 6.92 Å². The molecule has 3 N–H and O–H groups in total. The average Bonchev–Trinajstić information content (AvgIpc) is 2.44. The summed E-state index contributed by atoms with van der Waals surface area (Å²) in [7, 11) is 4.05. The lowest BCUT2D eigenvalue weighted by Gasteiger charge is -2.31. The number of rotatable bonds is 12. The van der Waals surface area contributed by atoms with Crippen molar-refractivity contribution < 1.29 is 24.9 Å². The molecule has 0 unspecified atom stereocenters. The number of hydrogen-bond acceptors (Lipinski definition) is 6. The van der Waals surface area contributed by atoms with Crippen LogP contribution in [0.2, 0.25) is 0 Å². The van der Waals surface area contributed by atoms with Crippen molar-refractivity contribution in [3.63, 3.8) is 0 Å². The maximum absolute atomic E-state index is 12.2. The van der Waals surface area contributed by atoms with Crippen LogP contribution in [0.3, 0.4) is 0 Å². The lowest BCUT2D eigenvalue weighted by Crippen LogP contribution is -2.42. The third-order valence-corrected chi connectivity index (χ3v) is 6.04. The summed E-state index contributed by atoms with van der Waals surface area (Å²) < 4.78 is 4.46. The van der Waals surface area contributed by atoms with Crippen LogP contribution in [0.1, 0.15) is 53.9 Å². The van der Waals surface area contributed by atoms with E-state index < -0.39 is 27.9 Å². The van der Waals surface area contributed by atoms with E-state index in [0.717, 1.165) is 6.54 Å². The second-order valence-electron chi connectivity index (χ2n) is 8.78. The first-order chi connectivity index (χ1) is 11.7. The van der Waals surface area contributed by atoms with E-state index in [-0.39, 0.29) is 11.8 Å². The molecule has 0 aliphatic carbocycles. The average molecular weight is 487 g/mol. The Bertz CT molecular complexity index is 428. The SMILES string of the molecule is C[C@@H](C[C@@H](C)C(=O)O[C@H](I)[C@@](C)(O)CO)C[C@](C)(O)C[C@@H](C)CN(C)C. The van der Waals surface area contributed by atoms with Gasteiger partial charge in [-0.25, -0.2) is 0 Å². The number of carbonyl (C=O) groups is 1. The number of aliphatic hydroxyl groups is 3. The molecule has 0 aromatic heterocycles. The molecular weight excluding hydrogens is 449 g/mol. The number of nitrogens with zero attached hydrogens (tertiary/aromatic N) is 1. The van der Waals surface area contributed by atoms with Crippen molar-refractivity contribution in [3.8, 4) is 0 Å². The van der Waals surface area contributed by atoms with Crippen LogP contribution in [0.5, 0.6) is 0 Å². The highest BCUT2D eigenvalue weighted by Crippen LogP contribution is 2.29. The predicted octanol–water partition coefficient (Wildman–Crippen LogP) is 2.43. The molecule has 0 fully saturated rings. The fourth-order valence-corrected chi connectivity index (χ4v) is 3.92. The van der Waals surface area contributed by atoms with Gasteiger partial charge in [0.05, 0.1) is 18.1 Å². The van der Waals surface area contributed by atoms with Crippen molar-refractivity contribution in [1.29, 1.82) is 0 Å². The smallest absolute Gasteiger partial charge is 0.309 e. The zero-order valence-corrected chi connectivity index (χ0v) is 19.5. The highest BCUT2D eigenvalue weighted by molar-refractivity contribution is 14.1. The Morgan fingerprint density at radius 1 is 1.12 bits per heavy atom. The molecule has 0 aliphatic heterocycles. The molecule has 0 rings (SSSR count). The Labute approximate surface area is 172 Å². The molecule has 0 aromatic rings. The monoisotopic (exact) mass is 487 g/mol. The summed E-state index contributed by atoms with van der Waals surface area (Å²) in [5.41, 5.74) is -2.24. The van der Waals surface area contributed by atoms with Crippen molar-refractivity contribution >= 4 is 28.6 Å². The molecule has 26 heavy (non-hydrogen) atoms. The van der Waals surface area contributed by atoms with Crippen molar-refractivity contribution in [2.24, 2.45) is 17.8 Å². The van der Waals surface area contributed by atoms with Gasteiger partial charge in [0.1, 0.15) is 5.60 Å². The molecule has 0 spiro atoms. The molecule has 156 valence electrons. The Hall–Kier alpha value is 0.0400. The fraction of sp³-hybridized carbons (Fsp3) is 0.947. The van der Waals surface area contributed by atoms with E-state index in [1.807, 2.05) is 50.5 Å². The summed E-state index contributed by atoms with van der Waals surface area (Å²) >= 11 is 1.81. The number of ether oxygens (including phenoxy) is 1. The number of carbonyl (C=O) groups excluding carboxylic acids is 1. The lowest BCUT2D eigenvalue weighted by atomic mass is 9.82. The number of esters is 1. The van der Waals surface area contributed by atoms with Crippen LogP contribution in [-0.4, -0.2) is 68.7 Å². The van der Waals surface area contributed by atoms with Gasteiger partial charge in [0.15, 0.2) is 4.11 Å². The topological polar surface area (TPSA) is 90.2 Å². The first-order valence-corrected chi connectivity index (χ1v) is 10.5. The Balaban J connectivity index is 4.52. The van der Waals surface area contributed by atoms with Gasteiger partial charge < -0.3 is 25.0 Å². The summed E-state index contributed by atoms with van der Waals surface area (Å²) in [6.07, 6.45) is 1.93. The van der Waals surface area contributed by atoms with Crippen molar-refractivity contribution in [3.05, 3.63) is 0 Å². The van der Waals surface area contributed by atoms with Crippen molar-refractivity contribution in [1.82, 2.24) is 4.90 Å². The van der Waals surface area contributed by atoms with E-state index in [9.17, 15) is 15.0 Å². The number of aliphatic hydroxyl groups excluding tert-OH is 1. The Morgan fingerprint density at radius 3 is 2.08 bits per heavy atom. The number of alkyl halides is 1. The standard InChI is InChI=1S/C19H38INO5/c1-13(9-18(4,24)10-14(2)11-21(6)7)8-15(3)16(23)26-17(20)19(5,25)12-22/h13-15,17,22,24-25H,8-12H2,1-7H3/t13-,14+,15+,17-,18-,19-/m0/s1. The third kappa shape index (κ3) is 10.4. The molecule has 0 amide bonds. The van der Waals surface area contributed by atoms with Crippen molar-refractivity contribution in [2.75, 3.05) is 27.2 Å². The molecule has 0 radical (unpaired) electrons. The first kappa shape index (κ1) is 26.0. The summed E-state index contributed by atoms with van der Waals surface area (Å²) in [5.74, 6) is -0.197. The second kappa shape index (κ2) is 11.1. The molecule has 0 bridgehead atoms. The van der Waals surface area contributed by atoms with E-state index >= 15 is 0 Å². The predicted molar refractivity (Wildman–Crippen MR) is 112 cm³/mol. The molecular formula is C19H38INO5. The van der Waals surface area contributed by atoms with Crippen molar-refractivity contribution in [2.45, 2.75) is 69.2 Å². The summed E-state index contributed by atoms with van der Waals surface area (Å²) in [4.78, 5) is 14.3. The quantitative estimate of drug-likeness (QED) is 0.223. The third-order valence-electron chi connectivity index (χ3n) is 4.44. The van der Waals surface area contributed by atoms with Crippen LogP contribution in [0, 0.1) is 17.8 Å². The van der Waals surface area contributed by atoms with Crippen LogP contribution in [0.15, 0.2) is 0 Å². The van der Waals surface area contributed by atoms with Crippen LogP contribution < -0.4 is 0 Å². The fourth-order valence-electron chi connectivity index (χ4n) is 3.47. The summed E-state index contributed by atoms with van der Waals surface area (Å²) in [6, 6.07) is 0. The van der Waals surface area contributed by atoms with Crippen LogP contribution in [0.4, 0.5) is 0 Å². The van der Waals surface area contributed by atoms with Gasteiger partial charge >= 0.3 is 5.97 Å². The molecule has 0 heterocycles. The molecule has 0 saturated heterocycles. The van der Waals surface area contributed by atoms with E-state index in [0.29, 0.717) is 25.2 Å². The van der Waals surface area contributed by atoms with Gasteiger partial charge in [0.2, 0.25) is 0 Å². The van der Waals surface area contributed by atoms with E-state index in [4.69, 9.17) is 9.84 Å². The zero-order valence-electron chi connectivity index (χ0n) is 17.3. The Kier molecular flexibility index (Phi) is 11.2. The largest absolute Gasteiger partial charge is 0.448 e. The minimum Gasteiger partial charge on any atom is -0.448 e. The minimum atomic E-state index is -1.46. The normalized spacial score (nSPS) is 21.4. The first-order valence-electron chi connectivity index (χ1n) is 9.25. The Morgan fingerprint density at radius 2 is 1.62 bits per heavy atom. The zero-order chi connectivity index (χ0) is 20.7. The molecule has 6 nitrogen and oxygen atoms in total. The minimum absolute atomic E-state index is 0.158. The van der Waals surface area contributed by atoms with Gasteiger partial charge in [-0.3, -0.25) is 4.79 Å². The molecule has 6 atom stereocenters. The number of hydrogen-bond donors (Lipinski definition) is 3. The van der Waals surface area contributed by atoms with E-state index in [2.05, 4.69) is 11.8 Å². The van der Waals surface area contributed by atoms with Gasteiger partial charge in [-0.2, -0.15) is 0 Å². The van der Waals surface area contributed by atoms with Gasteiger partial charge in [0, 0.05) is 6.54 Å². The van der Waals surface area contributed by atoms with Gasteiger partial charge in [-0.05, 0) is 81.6 Å². The highest BCUT2D eigenvalue weighted by atomic mass is 127. The van der Waals surface area contributed by atoms with Crippen LogP contribution in [0.25, 0.3) is 0 Å². The maximum atomic E-state index is 12.2. The van der Waals surface area contributed by atoms with Gasteiger partial charge in [-0.1, -0.05) is 20.8 Å². The van der Waals surface area contributed by atoms with Gasteiger partial charge in [-0.15, -0.1) is 0 Å². The summed E-state index contributed by atoms with van der Waals surface area (Å²) in [6.45, 7) is 9.68. The second-order valence-corrected chi connectivity index (χ2v) is 9.91. The molecule has 0 aromatic carbocycles. The number of halogens is 1. The van der Waals surface area contributed by atoms with Crippen LogP contribution in [-0.2, 0) is 9.53 Å². The maximum Gasteiger partial charge on any atom is 0.309 e. The lowest BCUT2D eigenvalue weighted by molar-refractivity contribution is -0.159. The highest BCUT2D eigenvalue weighted by Gasteiger charge is 2.34. The molecule has 0 saturated carbocycles. The summed E-state index contributed by atoms with van der Waals surface area (Å²) in [5, 5.41) is 29.8. The van der Waals surface area contributed by atoms with Crippen LogP contribution >= 0.6 is 22.6 Å². The molecule has 7 heteroatoms. The molecule has 0 aliphatic rings. The van der Waals surface area contributed by atoms with E-state index in [1.165, 1.54) is 6.92 Å².